The molecule has 6 nitrogen and oxygen atoms in total. The second-order valence-corrected chi connectivity index (χ2v) is 4.73. The number of aliphatic carboxylic acids is 1. The molecule has 0 aromatic carbocycles. The summed E-state index contributed by atoms with van der Waals surface area (Å²) in [6, 6.07) is 0. The molecular formula is C11H20N2O4. The average Bonchev–Trinajstić information content (AvgIpc) is 2.71. The van der Waals surface area contributed by atoms with Crippen LogP contribution in [-0.2, 0) is 14.3 Å². The second-order valence-electron chi connectivity index (χ2n) is 4.73. The van der Waals surface area contributed by atoms with Crippen molar-refractivity contribution in [2.45, 2.75) is 37.8 Å². The van der Waals surface area contributed by atoms with E-state index in [2.05, 4.69) is 0 Å². The molecule has 3 N–H and O–H groups in total. The first-order chi connectivity index (χ1) is 7.79. The Morgan fingerprint density at radius 3 is 2.53 bits per heavy atom. The Balaban J connectivity index is 2.78. The molecule has 0 aromatic heterocycles. The molecule has 98 valence electrons. The van der Waals surface area contributed by atoms with Crippen LogP contribution in [0, 0.1) is 0 Å². The molecule has 1 rings (SSSR count). The maximum atomic E-state index is 12.2. The summed E-state index contributed by atoms with van der Waals surface area (Å²) in [5.41, 5.74) is 3.50. The van der Waals surface area contributed by atoms with E-state index in [-0.39, 0.29) is 18.9 Å². The number of carbonyl (C=O) groups excluding carboxylic acids is 1. The quantitative estimate of drug-likeness (QED) is 0.715. The summed E-state index contributed by atoms with van der Waals surface area (Å²) in [6.07, 6.45) is 0.807. The molecule has 0 aliphatic carbocycles. The van der Waals surface area contributed by atoms with Gasteiger partial charge in [-0.1, -0.05) is 6.92 Å². The highest BCUT2D eigenvalue weighted by Crippen LogP contribution is 2.25. The van der Waals surface area contributed by atoms with Crippen molar-refractivity contribution in [3.05, 3.63) is 0 Å². The minimum absolute atomic E-state index is 0.0418. The van der Waals surface area contributed by atoms with Gasteiger partial charge in [0, 0.05) is 20.2 Å². The lowest BCUT2D eigenvalue weighted by atomic mass is 10.00. The number of likely N-dealkylation sites (tertiary alicyclic amines) is 1. The Hall–Kier alpha value is -1.14. The average molecular weight is 244 g/mol. The number of hydrogen-bond donors (Lipinski definition) is 2. The van der Waals surface area contributed by atoms with E-state index < -0.39 is 17.1 Å². The van der Waals surface area contributed by atoms with Gasteiger partial charge in [-0.3, -0.25) is 9.59 Å². The second kappa shape index (κ2) is 4.62. The van der Waals surface area contributed by atoms with Crippen LogP contribution in [0.4, 0.5) is 0 Å². The molecule has 2 unspecified atom stereocenters. The third kappa shape index (κ3) is 2.42. The van der Waals surface area contributed by atoms with Gasteiger partial charge in [0.15, 0.2) is 0 Å². The Bertz CT molecular complexity index is 327. The van der Waals surface area contributed by atoms with E-state index in [0.717, 1.165) is 0 Å². The summed E-state index contributed by atoms with van der Waals surface area (Å²) in [5, 5.41) is 9.00. The van der Waals surface area contributed by atoms with Gasteiger partial charge in [0.25, 0.3) is 5.91 Å². The summed E-state index contributed by atoms with van der Waals surface area (Å²) in [6.45, 7) is 3.96. The molecular weight excluding hydrogens is 224 g/mol. The zero-order chi connectivity index (χ0) is 13.3. The van der Waals surface area contributed by atoms with Crippen molar-refractivity contribution in [3.8, 4) is 0 Å². The minimum Gasteiger partial charge on any atom is -0.480 e. The minimum atomic E-state index is -1.32. The van der Waals surface area contributed by atoms with E-state index >= 15 is 0 Å². The molecule has 1 aliphatic heterocycles. The summed E-state index contributed by atoms with van der Waals surface area (Å²) in [4.78, 5) is 24.7. The Kier molecular flexibility index (Phi) is 3.78. The maximum Gasteiger partial charge on any atom is 0.325 e. The largest absolute Gasteiger partial charge is 0.480 e. The highest BCUT2D eigenvalue weighted by atomic mass is 16.5. The number of carboxylic acid groups (broad SMARTS) is 1. The van der Waals surface area contributed by atoms with Crippen LogP contribution in [-0.4, -0.2) is 53.2 Å². The van der Waals surface area contributed by atoms with Gasteiger partial charge in [-0.05, 0) is 19.8 Å². The molecule has 0 spiro atoms. The third-order valence-corrected chi connectivity index (χ3v) is 3.59. The Morgan fingerprint density at radius 1 is 1.59 bits per heavy atom. The molecule has 0 bridgehead atoms. The van der Waals surface area contributed by atoms with Crippen LogP contribution in [0.15, 0.2) is 0 Å². The molecule has 0 radical (unpaired) electrons. The highest BCUT2D eigenvalue weighted by Gasteiger charge is 2.46. The SMILES string of the molecule is CCC(C)(OC)C(=O)N1CCC(N)(C(=O)O)C1. The van der Waals surface area contributed by atoms with Gasteiger partial charge >= 0.3 is 5.97 Å². The van der Waals surface area contributed by atoms with Gasteiger partial charge < -0.3 is 20.5 Å². The molecule has 6 heteroatoms. The van der Waals surface area contributed by atoms with Crippen molar-refractivity contribution in [3.63, 3.8) is 0 Å². The molecule has 1 saturated heterocycles. The molecule has 1 heterocycles. The van der Waals surface area contributed by atoms with Gasteiger partial charge in [-0.25, -0.2) is 0 Å². The first-order valence-corrected chi connectivity index (χ1v) is 5.66. The predicted molar refractivity (Wildman–Crippen MR) is 61.5 cm³/mol. The number of carboxylic acids is 1. The fourth-order valence-corrected chi connectivity index (χ4v) is 1.90. The van der Waals surface area contributed by atoms with Crippen molar-refractivity contribution in [2.24, 2.45) is 5.73 Å². The van der Waals surface area contributed by atoms with Crippen LogP contribution >= 0.6 is 0 Å². The van der Waals surface area contributed by atoms with Crippen LogP contribution in [0.2, 0.25) is 0 Å². The van der Waals surface area contributed by atoms with E-state index in [1.54, 1.807) is 6.92 Å². The van der Waals surface area contributed by atoms with E-state index in [1.807, 2.05) is 6.92 Å². The van der Waals surface area contributed by atoms with Crippen LogP contribution in [0.3, 0.4) is 0 Å². The summed E-state index contributed by atoms with van der Waals surface area (Å²) in [5.74, 6) is -1.26. The highest BCUT2D eigenvalue weighted by molar-refractivity contribution is 5.87. The topological polar surface area (TPSA) is 92.9 Å². The smallest absolute Gasteiger partial charge is 0.325 e. The van der Waals surface area contributed by atoms with Crippen LogP contribution < -0.4 is 5.73 Å². The number of methoxy groups -OCH3 is 1. The van der Waals surface area contributed by atoms with Crippen LogP contribution in [0.1, 0.15) is 26.7 Å². The van der Waals surface area contributed by atoms with Gasteiger partial charge in [-0.15, -0.1) is 0 Å². The molecule has 1 amide bonds. The fraction of sp³-hybridized carbons (Fsp3) is 0.818. The lowest BCUT2D eigenvalue weighted by Gasteiger charge is -2.31. The Morgan fingerprint density at radius 2 is 2.18 bits per heavy atom. The molecule has 0 aromatic rings. The van der Waals surface area contributed by atoms with Crippen molar-refractivity contribution in [1.82, 2.24) is 4.90 Å². The number of nitrogens with two attached hydrogens (primary N) is 1. The summed E-state index contributed by atoms with van der Waals surface area (Å²) >= 11 is 0. The summed E-state index contributed by atoms with van der Waals surface area (Å²) < 4.78 is 5.21. The molecule has 0 saturated carbocycles. The zero-order valence-electron chi connectivity index (χ0n) is 10.5. The zero-order valence-corrected chi connectivity index (χ0v) is 10.5. The molecule has 17 heavy (non-hydrogen) atoms. The number of hydrogen-bond acceptors (Lipinski definition) is 4. The molecule has 1 fully saturated rings. The number of nitrogens with zero attached hydrogens (tertiary/aromatic N) is 1. The van der Waals surface area contributed by atoms with E-state index in [0.29, 0.717) is 13.0 Å². The normalized spacial score (nSPS) is 27.9. The number of carbonyl (C=O) groups is 2. The van der Waals surface area contributed by atoms with Gasteiger partial charge in [0.1, 0.15) is 11.1 Å². The lowest BCUT2D eigenvalue weighted by molar-refractivity contribution is -0.153. The standard InChI is InChI=1S/C11H20N2O4/c1-4-10(2,17-3)8(14)13-6-5-11(12,7-13)9(15)16/h4-7,12H2,1-3H3,(H,15,16). The Labute approximate surface area is 101 Å². The number of amides is 1. The van der Waals surface area contributed by atoms with Crippen LogP contribution in [0.5, 0.6) is 0 Å². The first-order valence-electron chi connectivity index (χ1n) is 5.66. The number of rotatable bonds is 4. The predicted octanol–water partition coefficient (Wildman–Crippen LogP) is -0.184. The van der Waals surface area contributed by atoms with E-state index in [1.165, 1.54) is 12.0 Å². The van der Waals surface area contributed by atoms with E-state index in [4.69, 9.17) is 15.6 Å². The van der Waals surface area contributed by atoms with Crippen LogP contribution in [0.25, 0.3) is 0 Å². The van der Waals surface area contributed by atoms with Crippen molar-refractivity contribution in [1.29, 1.82) is 0 Å². The van der Waals surface area contributed by atoms with Gasteiger partial charge in [0.05, 0.1) is 0 Å². The van der Waals surface area contributed by atoms with Gasteiger partial charge in [-0.2, -0.15) is 0 Å². The first kappa shape index (κ1) is 13.9. The molecule has 1 aliphatic rings. The van der Waals surface area contributed by atoms with Crippen molar-refractivity contribution >= 4 is 11.9 Å². The lowest BCUT2D eigenvalue weighted by Crippen LogP contribution is -2.53. The maximum absolute atomic E-state index is 12.2. The third-order valence-electron chi connectivity index (χ3n) is 3.59. The van der Waals surface area contributed by atoms with E-state index in [9.17, 15) is 9.59 Å². The van der Waals surface area contributed by atoms with Crippen molar-refractivity contribution in [2.75, 3.05) is 20.2 Å². The number of ether oxygens (including phenoxy) is 1. The fourth-order valence-electron chi connectivity index (χ4n) is 1.90. The molecule has 2 atom stereocenters. The summed E-state index contributed by atoms with van der Waals surface area (Å²) in [7, 11) is 1.48. The monoisotopic (exact) mass is 244 g/mol. The van der Waals surface area contributed by atoms with Gasteiger partial charge in [0.2, 0.25) is 0 Å². The van der Waals surface area contributed by atoms with Crippen molar-refractivity contribution < 1.29 is 19.4 Å².